The fourth-order valence-electron chi connectivity index (χ4n) is 1.77. The molecular weight excluding hydrogens is 238 g/mol. The molecule has 1 fully saturated rings. The van der Waals surface area contributed by atoms with Crippen molar-refractivity contribution in [2.24, 2.45) is 0 Å². The molecule has 0 radical (unpaired) electrons. The standard InChI is InChI=1S/C10H13N5OS/c1-14-3-2-4-15(6-8(14)16)10-7(5-11)9(12)13-17-10/h2-4,6H2,1H3,(H2,12,13). The van der Waals surface area contributed by atoms with Crippen molar-refractivity contribution in [3.8, 4) is 6.07 Å². The SMILES string of the molecule is CN1CCCN(c2snc(N)c2C#N)CC1=O. The first-order chi connectivity index (χ1) is 8.13. The van der Waals surface area contributed by atoms with E-state index >= 15 is 0 Å². The summed E-state index contributed by atoms with van der Waals surface area (Å²) in [5, 5.41) is 9.72. The molecule has 1 amide bonds. The molecule has 2 rings (SSSR count). The topological polar surface area (TPSA) is 86.2 Å². The first kappa shape index (κ1) is 11.7. The number of aromatic nitrogens is 1. The van der Waals surface area contributed by atoms with Crippen LogP contribution in [-0.2, 0) is 4.79 Å². The monoisotopic (exact) mass is 251 g/mol. The summed E-state index contributed by atoms with van der Waals surface area (Å²) in [4.78, 5) is 15.4. The Kier molecular flexibility index (Phi) is 3.15. The number of amides is 1. The van der Waals surface area contributed by atoms with Crippen LogP contribution in [0.15, 0.2) is 0 Å². The molecular formula is C10H13N5OS. The zero-order chi connectivity index (χ0) is 12.4. The van der Waals surface area contributed by atoms with Gasteiger partial charge < -0.3 is 15.5 Å². The first-order valence-corrected chi connectivity index (χ1v) is 6.05. The van der Waals surface area contributed by atoms with Crippen molar-refractivity contribution in [3.05, 3.63) is 5.56 Å². The number of carbonyl (C=O) groups is 1. The van der Waals surface area contributed by atoms with Crippen molar-refractivity contribution in [3.63, 3.8) is 0 Å². The van der Waals surface area contributed by atoms with Gasteiger partial charge in [-0.05, 0) is 18.0 Å². The maximum atomic E-state index is 11.8. The van der Waals surface area contributed by atoms with Crippen LogP contribution < -0.4 is 10.6 Å². The Morgan fingerprint density at radius 1 is 1.53 bits per heavy atom. The summed E-state index contributed by atoms with van der Waals surface area (Å²) in [6.45, 7) is 1.77. The average molecular weight is 251 g/mol. The molecule has 1 aromatic rings. The summed E-state index contributed by atoms with van der Waals surface area (Å²) < 4.78 is 3.97. The summed E-state index contributed by atoms with van der Waals surface area (Å²) >= 11 is 1.18. The van der Waals surface area contributed by atoms with E-state index in [1.807, 2.05) is 11.0 Å². The molecule has 1 aliphatic heterocycles. The molecule has 90 valence electrons. The maximum Gasteiger partial charge on any atom is 0.241 e. The third-order valence-corrected chi connectivity index (χ3v) is 3.70. The zero-order valence-corrected chi connectivity index (χ0v) is 10.3. The van der Waals surface area contributed by atoms with Crippen molar-refractivity contribution in [2.45, 2.75) is 6.42 Å². The molecule has 17 heavy (non-hydrogen) atoms. The Morgan fingerprint density at radius 3 is 3.00 bits per heavy atom. The lowest BCUT2D eigenvalue weighted by atomic mass is 10.3. The molecule has 0 spiro atoms. The maximum absolute atomic E-state index is 11.8. The minimum atomic E-state index is 0.0540. The number of nitrogens with two attached hydrogens (primary N) is 1. The Bertz CT molecular complexity index is 478. The summed E-state index contributed by atoms with van der Waals surface area (Å²) in [7, 11) is 1.79. The lowest BCUT2D eigenvalue weighted by molar-refractivity contribution is -0.127. The van der Waals surface area contributed by atoms with Crippen LogP contribution in [0.2, 0.25) is 0 Å². The normalized spacial score (nSPS) is 16.8. The van der Waals surface area contributed by atoms with Crippen molar-refractivity contribution in [1.82, 2.24) is 9.27 Å². The number of nitrogens with zero attached hydrogens (tertiary/aromatic N) is 4. The molecule has 0 bridgehead atoms. The molecule has 7 heteroatoms. The highest BCUT2D eigenvalue weighted by atomic mass is 32.1. The Hall–Kier alpha value is -1.81. The van der Waals surface area contributed by atoms with Gasteiger partial charge in [-0.2, -0.15) is 9.64 Å². The minimum absolute atomic E-state index is 0.0540. The van der Waals surface area contributed by atoms with E-state index < -0.39 is 0 Å². The molecule has 2 heterocycles. The number of rotatable bonds is 1. The molecule has 0 unspecified atom stereocenters. The van der Waals surface area contributed by atoms with E-state index in [-0.39, 0.29) is 18.3 Å². The van der Waals surface area contributed by atoms with Crippen molar-refractivity contribution < 1.29 is 4.79 Å². The van der Waals surface area contributed by atoms with E-state index in [1.165, 1.54) is 11.5 Å². The fraction of sp³-hybridized carbons (Fsp3) is 0.500. The van der Waals surface area contributed by atoms with Crippen LogP contribution in [-0.4, -0.2) is 41.9 Å². The fourth-order valence-corrected chi connectivity index (χ4v) is 2.56. The lowest BCUT2D eigenvalue weighted by Crippen LogP contribution is -2.34. The lowest BCUT2D eigenvalue weighted by Gasteiger charge is -2.19. The molecule has 1 saturated heterocycles. The van der Waals surface area contributed by atoms with Gasteiger partial charge in [-0.3, -0.25) is 4.79 Å². The van der Waals surface area contributed by atoms with E-state index in [0.29, 0.717) is 10.6 Å². The Balaban J connectivity index is 2.27. The van der Waals surface area contributed by atoms with Crippen molar-refractivity contribution in [2.75, 3.05) is 37.3 Å². The van der Waals surface area contributed by atoms with Gasteiger partial charge in [0.05, 0.1) is 6.54 Å². The third kappa shape index (κ3) is 2.17. The summed E-state index contributed by atoms with van der Waals surface area (Å²) in [6, 6.07) is 2.04. The predicted molar refractivity (Wildman–Crippen MR) is 65.7 cm³/mol. The molecule has 0 atom stereocenters. The van der Waals surface area contributed by atoms with Gasteiger partial charge in [-0.1, -0.05) is 0 Å². The van der Waals surface area contributed by atoms with E-state index in [4.69, 9.17) is 11.0 Å². The highest BCUT2D eigenvalue weighted by Gasteiger charge is 2.23. The molecule has 1 aliphatic rings. The van der Waals surface area contributed by atoms with Crippen LogP contribution >= 0.6 is 11.5 Å². The van der Waals surface area contributed by atoms with Gasteiger partial charge in [-0.25, -0.2) is 0 Å². The largest absolute Gasteiger partial charge is 0.382 e. The summed E-state index contributed by atoms with van der Waals surface area (Å²) in [5.41, 5.74) is 6.00. The minimum Gasteiger partial charge on any atom is -0.382 e. The quantitative estimate of drug-likeness (QED) is 0.774. The number of hydrogen-bond acceptors (Lipinski definition) is 6. The van der Waals surface area contributed by atoms with Crippen molar-refractivity contribution in [1.29, 1.82) is 5.26 Å². The number of nitriles is 1. The molecule has 1 aromatic heterocycles. The van der Waals surface area contributed by atoms with Gasteiger partial charge in [-0.15, -0.1) is 0 Å². The molecule has 0 saturated carbocycles. The number of nitrogen functional groups attached to an aromatic ring is 1. The van der Waals surface area contributed by atoms with E-state index in [0.717, 1.165) is 19.5 Å². The molecule has 0 aromatic carbocycles. The van der Waals surface area contributed by atoms with Crippen LogP contribution in [0.3, 0.4) is 0 Å². The average Bonchev–Trinajstić information content (AvgIpc) is 2.59. The summed E-state index contributed by atoms with van der Waals surface area (Å²) in [5.74, 6) is 0.302. The van der Waals surface area contributed by atoms with Crippen LogP contribution in [0.1, 0.15) is 12.0 Å². The van der Waals surface area contributed by atoms with Gasteiger partial charge in [0.2, 0.25) is 5.91 Å². The highest BCUT2D eigenvalue weighted by Crippen LogP contribution is 2.30. The van der Waals surface area contributed by atoms with Crippen LogP contribution in [0.25, 0.3) is 0 Å². The van der Waals surface area contributed by atoms with Gasteiger partial charge in [0.1, 0.15) is 16.6 Å². The Labute approximate surface area is 103 Å². The number of likely N-dealkylation sites (N-methyl/N-ethyl adjacent to an activating group) is 1. The van der Waals surface area contributed by atoms with Crippen LogP contribution in [0, 0.1) is 11.3 Å². The van der Waals surface area contributed by atoms with Crippen molar-refractivity contribution >= 4 is 28.3 Å². The van der Waals surface area contributed by atoms with E-state index in [2.05, 4.69) is 4.37 Å². The predicted octanol–water partition coefficient (Wildman–Crippen LogP) is 0.265. The van der Waals surface area contributed by atoms with Gasteiger partial charge in [0.25, 0.3) is 0 Å². The molecule has 2 N–H and O–H groups in total. The number of carbonyl (C=O) groups excluding carboxylic acids is 1. The summed E-state index contributed by atoms with van der Waals surface area (Å²) in [6.07, 6.45) is 0.880. The van der Waals surface area contributed by atoms with E-state index in [1.54, 1.807) is 11.9 Å². The van der Waals surface area contributed by atoms with Gasteiger partial charge in [0, 0.05) is 20.1 Å². The first-order valence-electron chi connectivity index (χ1n) is 5.27. The molecule has 6 nitrogen and oxygen atoms in total. The zero-order valence-electron chi connectivity index (χ0n) is 9.51. The highest BCUT2D eigenvalue weighted by molar-refractivity contribution is 7.10. The van der Waals surface area contributed by atoms with Crippen LogP contribution in [0.4, 0.5) is 10.8 Å². The second-order valence-corrected chi connectivity index (χ2v) is 4.70. The van der Waals surface area contributed by atoms with Gasteiger partial charge >= 0.3 is 0 Å². The Morgan fingerprint density at radius 2 is 2.29 bits per heavy atom. The van der Waals surface area contributed by atoms with Crippen LogP contribution in [0.5, 0.6) is 0 Å². The smallest absolute Gasteiger partial charge is 0.241 e. The number of hydrogen-bond donors (Lipinski definition) is 1. The molecule has 0 aliphatic carbocycles. The second-order valence-electron chi connectivity index (χ2n) is 3.95. The second kappa shape index (κ2) is 4.59. The third-order valence-electron chi connectivity index (χ3n) is 2.77. The van der Waals surface area contributed by atoms with E-state index in [9.17, 15) is 4.79 Å². The number of anilines is 2. The van der Waals surface area contributed by atoms with Gasteiger partial charge in [0.15, 0.2) is 5.82 Å².